The number of carboxylic acid groups (broad SMARTS) is 1. The number of carboxylic acids is 1. The summed E-state index contributed by atoms with van der Waals surface area (Å²) in [4.78, 5) is 22.8. The largest absolute Gasteiger partial charge is 0.480 e. The number of terminal acetylenes is 1. The van der Waals surface area contributed by atoms with Crippen LogP contribution in [0.25, 0.3) is 0 Å². The monoisotopic (exact) mass is 277 g/mol. The number of hydrogen-bond donors (Lipinski definition) is 3. The number of carbonyl (C=O) groups excluding carboxylic acids is 1. The number of primary sulfonamides is 1. The third kappa shape index (κ3) is 8.37. The molecule has 0 atom stereocenters. The molecule has 8 nitrogen and oxygen atoms in total. The molecule has 0 saturated heterocycles. The molecule has 0 aromatic heterocycles. The fourth-order valence-corrected chi connectivity index (χ4v) is 1.60. The van der Waals surface area contributed by atoms with Gasteiger partial charge in [-0.15, -0.1) is 6.42 Å². The number of nitrogens with two attached hydrogens (primary N) is 1. The van der Waals surface area contributed by atoms with Gasteiger partial charge in [0, 0.05) is 6.54 Å². The number of amides is 2. The standard InChI is InChI=1S/C9H15N3O5S/c1-2-5-12(7-8(13)14)9(15)11-4-3-6-18(10,16)17/h1H,3-7H2,(H,11,15)(H,13,14)(H2,10,16,17). The zero-order valence-corrected chi connectivity index (χ0v) is 10.4. The van der Waals surface area contributed by atoms with Crippen molar-refractivity contribution >= 4 is 22.0 Å². The van der Waals surface area contributed by atoms with Gasteiger partial charge in [0.15, 0.2) is 0 Å². The number of rotatable bonds is 7. The lowest BCUT2D eigenvalue weighted by Crippen LogP contribution is -2.43. The zero-order valence-electron chi connectivity index (χ0n) is 9.63. The predicted molar refractivity (Wildman–Crippen MR) is 64.0 cm³/mol. The molecule has 0 bridgehead atoms. The summed E-state index contributed by atoms with van der Waals surface area (Å²) in [7, 11) is -3.56. The summed E-state index contributed by atoms with van der Waals surface area (Å²) in [5, 5.41) is 15.7. The number of urea groups is 1. The highest BCUT2D eigenvalue weighted by Gasteiger charge is 2.15. The average molecular weight is 277 g/mol. The Balaban J connectivity index is 4.11. The molecule has 2 amide bonds. The van der Waals surface area contributed by atoms with Crippen molar-refractivity contribution in [2.45, 2.75) is 6.42 Å². The van der Waals surface area contributed by atoms with E-state index >= 15 is 0 Å². The number of aliphatic carboxylic acids is 1. The van der Waals surface area contributed by atoms with Gasteiger partial charge in [-0.2, -0.15) is 0 Å². The first kappa shape index (κ1) is 16.2. The fraction of sp³-hybridized carbons (Fsp3) is 0.556. The van der Waals surface area contributed by atoms with Gasteiger partial charge in [0.25, 0.3) is 0 Å². The van der Waals surface area contributed by atoms with E-state index in [4.69, 9.17) is 16.7 Å². The van der Waals surface area contributed by atoms with Crippen LogP contribution in [0, 0.1) is 12.3 Å². The lowest BCUT2D eigenvalue weighted by atomic mass is 10.4. The first-order valence-electron chi connectivity index (χ1n) is 4.94. The Morgan fingerprint density at radius 1 is 1.44 bits per heavy atom. The maximum Gasteiger partial charge on any atom is 0.323 e. The second-order valence-corrected chi connectivity index (χ2v) is 5.14. The lowest BCUT2D eigenvalue weighted by Gasteiger charge is -2.18. The number of carbonyl (C=O) groups is 2. The Bertz CT molecular complexity index is 440. The molecule has 4 N–H and O–H groups in total. The summed E-state index contributed by atoms with van der Waals surface area (Å²) in [5.41, 5.74) is 0. The molecule has 0 saturated carbocycles. The molecule has 0 aliphatic heterocycles. The molecule has 0 aromatic rings. The first-order chi connectivity index (χ1) is 8.26. The number of nitrogens with one attached hydrogen (secondary N) is 1. The van der Waals surface area contributed by atoms with Crippen molar-refractivity contribution in [2.24, 2.45) is 5.14 Å². The SMILES string of the molecule is C#CCN(CC(=O)O)C(=O)NCCCS(N)(=O)=O. The van der Waals surface area contributed by atoms with Crippen LogP contribution in [0.15, 0.2) is 0 Å². The Kier molecular flexibility index (Phi) is 6.77. The van der Waals surface area contributed by atoms with E-state index < -0.39 is 28.6 Å². The average Bonchev–Trinajstić information content (AvgIpc) is 2.21. The molecular weight excluding hydrogens is 262 g/mol. The molecule has 18 heavy (non-hydrogen) atoms. The van der Waals surface area contributed by atoms with Crippen LogP contribution in [0.1, 0.15) is 6.42 Å². The number of sulfonamides is 1. The van der Waals surface area contributed by atoms with Crippen molar-refractivity contribution in [3.8, 4) is 12.3 Å². The van der Waals surface area contributed by atoms with E-state index in [9.17, 15) is 18.0 Å². The molecule has 0 spiro atoms. The van der Waals surface area contributed by atoms with E-state index in [0.717, 1.165) is 4.90 Å². The van der Waals surface area contributed by atoms with Crippen LogP contribution in [0.4, 0.5) is 4.79 Å². The van der Waals surface area contributed by atoms with Gasteiger partial charge in [0.2, 0.25) is 10.0 Å². The van der Waals surface area contributed by atoms with Crippen LogP contribution < -0.4 is 10.5 Å². The minimum Gasteiger partial charge on any atom is -0.480 e. The van der Waals surface area contributed by atoms with Crippen LogP contribution in [0.5, 0.6) is 0 Å². The van der Waals surface area contributed by atoms with E-state index in [0.29, 0.717) is 0 Å². The van der Waals surface area contributed by atoms with E-state index in [1.807, 2.05) is 0 Å². The Morgan fingerprint density at radius 2 is 2.06 bits per heavy atom. The van der Waals surface area contributed by atoms with Gasteiger partial charge in [-0.05, 0) is 6.42 Å². The molecule has 0 rings (SSSR count). The molecule has 9 heteroatoms. The maximum absolute atomic E-state index is 11.5. The van der Waals surface area contributed by atoms with E-state index in [-0.39, 0.29) is 25.3 Å². The highest BCUT2D eigenvalue weighted by atomic mass is 32.2. The van der Waals surface area contributed by atoms with Crippen molar-refractivity contribution in [3.63, 3.8) is 0 Å². The molecule has 0 aliphatic carbocycles. The minimum atomic E-state index is -3.56. The van der Waals surface area contributed by atoms with E-state index in [1.54, 1.807) is 0 Å². The lowest BCUT2D eigenvalue weighted by molar-refractivity contribution is -0.137. The smallest absolute Gasteiger partial charge is 0.323 e. The molecule has 0 unspecified atom stereocenters. The van der Waals surface area contributed by atoms with Crippen molar-refractivity contribution in [1.82, 2.24) is 10.2 Å². The number of hydrogen-bond acceptors (Lipinski definition) is 4. The van der Waals surface area contributed by atoms with Crippen LogP contribution in [0.2, 0.25) is 0 Å². The topological polar surface area (TPSA) is 130 Å². The Hall–Kier alpha value is -1.79. The highest BCUT2D eigenvalue weighted by molar-refractivity contribution is 7.89. The van der Waals surface area contributed by atoms with Crippen molar-refractivity contribution < 1.29 is 23.1 Å². The molecule has 0 fully saturated rings. The van der Waals surface area contributed by atoms with Crippen molar-refractivity contribution in [2.75, 3.05) is 25.4 Å². The van der Waals surface area contributed by atoms with Crippen molar-refractivity contribution in [1.29, 1.82) is 0 Å². The van der Waals surface area contributed by atoms with Crippen molar-refractivity contribution in [3.05, 3.63) is 0 Å². The summed E-state index contributed by atoms with van der Waals surface area (Å²) in [6, 6.07) is -0.662. The van der Waals surface area contributed by atoms with Crippen LogP contribution in [-0.2, 0) is 14.8 Å². The quantitative estimate of drug-likeness (QED) is 0.381. The molecular formula is C9H15N3O5S. The summed E-state index contributed by atoms with van der Waals surface area (Å²) in [5.74, 6) is 0.702. The molecule has 0 aromatic carbocycles. The van der Waals surface area contributed by atoms with Gasteiger partial charge in [-0.3, -0.25) is 4.79 Å². The van der Waals surface area contributed by atoms with E-state index in [1.165, 1.54) is 0 Å². The summed E-state index contributed by atoms with van der Waals surface area (Å²) in [6.07, 6.45) is 5.13. The summed E-state index contributed by atoms with van der Waals surface area (Å²) < 4.78 is 21.2. The summed E-state index contributed by atoms with van der Waals surface area (Å²) >= 11 is 0. The van der Waals surface area contributed by atoms with Gasteiger partial charge < -0.3 is 15.3 Å². The Labute approximate surface area is 105 Å². The molecule has 0 radical (unpaired) electrons. The second kappa shape index (κ2) is 7.52. The second-order valence-electron chi connectivity index (χ2n) is 3.41. The molecule has 0 aliphatic rings. The third-order valence-corrected chi connectivity index (χ3v) is 2.64. The maximum atomic E-state index is 11.5. The van der Waals surface area contributed by atoms with Gasteiger partial charge >= 0.3 is 12.0 Å². The molecule has 102 valence electrons. The number of nitrogens with zero attached hydrogens (tertiary/aromatic N) is 1. The zero-order chi connectivity index (χ0) is 14.2. The first-order valence-corrected chi connectivity index (χ1v) is 6.66. The van der Waals surface area contributed by atoms with Gasteiger partial charge in [-0.1, -0.05) is 5.92 Å². The third-order valence-electron chi connectivity index (χ3n) is 1.78. The van der Waals surface area contributed by atoms with Gasteiger partial charge in [-0.25, -0.2) is 18.4 Å². The van der Waals surface area contributed by atoms with E-state index in [2.05, 4.69) is 11.2 Å². The Morgan fingerprint density at radius 3 is 2.50 bits per heavy atom. The van der Waals surface area contributed by atoms with Crippen LogP contribution >= 0.6 is 0 Å². The summed E-state index contributed by atoms with van der Waals surface area (Å²) in [6.45, 7) is -0.603. The normalized spacial score (nSPS) is 10.4. The van der Waals surface area contributed by atoms with Crippen LogP contribution in [0.3, 0.4) is 0 Å². The fourth-order valence-electron chi connectivity index (χ4n) is 1.05. The molecule has 0 heterocycles. The minimum absolute atomic E-state index is 0.0654. The van der Waals surface area contributed by atoms with Crippen LogP contribution in [-0.4, -0.2) is 55.8 Å². The van der Waals surface area contributed by atoms with Gasteiger partial charge in [0.1, 0.15) is 6.54 Å². The highest BCUT2D eigenvalue weighted by Crippen LogP contribution is 1.90. The van der Waals surface area contributed by atoms with Gasteiger partial charge in [0.05, 0.1) is 12.3 Å². The predicted octanol–water partition coefficient (Wildman–Crippen LogP) is -1.61.